The number of fused-ring (bicyclic) bond motifs is 2. The van der Waals surface area contributed by atoms with Crippen LogP contribution in [0.2, 0.25) is 5.02 Å². The highest BCUT2D eigenvalue weighted by Crippen LogP contribution is 2.44. The van der Waals surface area contributed by atoms with Gasteiger partial charge in [0.15, 0.2) is 0 Å². The van der Waals surface area contributed by atoms with Crippen LogP contribution in [-0.4, -0.2) is 61.6 Å². The molecule has 2 atom stereocenters. The van der Waals surface area contributed by atoms with Gasteiger partial charge >= 0.3 is 0 Å². The Kier molecular flexibility index (Phi) is 7.29. The van der Waals surface area contributed by atoms with E-state index >= 15 is 0 Å². The number of rotatable bonds is 4. The molecule has 0 saturated carbocycles. The van der Waals surface area contributed by atoms with Crippen LogP contribution in [0.25, 0.3) is 11.6 Å². The van der Waals surface area contributed by atoms with Crippen molar-refractivity contribution in [1.82, 2.24) is 29.7 Å². The molecular weight excluding hydrogens is 492 g/mol. The van der Waals surface area contributed by atoms with Gasteiger partial charge in [-0.1, -0.05) is 23.7 Å². The van der Waals surface area contributed by atoms with Crippen molar-refractivity contribution in [3.05, 3.63) is 82.2 Å². The van der Waals surface area contributed by atoms with Gasteiger partial charge in [0.05, 0.1) is 36.0 Å². The molecule has 2 aliphatic rings. The zero-order chi connectivity index (χ0) is 27.2. The number of halogens is 1. The van der Waals surface area contributed by atoms with Gasteiger partial charge in [-0.05, 0) is 88.1 Å². The first-order valence-corrected chi connectivity index (χ1v) is 14.0. The molecule has 38 heavy (non-hydrogen) atoms. The van der Waals surface area contributed by atoms with Crippen molar-refractivity contribution in [1.29, 1.82) is 0 Å². The van der Waals surface area contributed by atoms with Crippen molar-refractivity contribution < 1.29 is 0 Å². The lowest BCUT2D eigenvalue weighted by atomic mass is 9.88. The summed E-state index contributed by atoms with van der Waals surface area (Å²) < 4.78 is 2.10. The molecule has 1 aliphatic heterocycles. The summed E-state index contributed by atoms with van der Waals surface area (Å²) in [5.74, 6) is 0. The molecule has 2 aromatic heterocycles. The maximum Gasteiger partial charge on any atom is 0.0946 e. The number of hydrogen-bond donors (Lipinski definition) is 1. The highest BCUT2D eigenvalue weighted by molar-refractivity contribution is 6.30. The highest BCUT2D eigenvalue weighted by Gasteiger charge is 2.37. The summed E-state index contributed by atoms with van der Waals surface area (Å²) in [4.78, 5) is 14.7. The number of aromatic nitrogens is 3. The quantitative estimate of drug-likeness (QED) is 0.449. The summed E-state index contributed by atoms with van der Waals surface area (Å²) >= 11 is 6.70. The third kappa shape index (κ3) is 5.46. The van der Waals surface area contributed by atoms with Gasteiger partial charge in [0.2, 0.25) is 0 Å². The van der Waals surface area contributed by atoms with Crippen molar-refractivity contribution in [2.75, 3.05) is 26.2 Å². The van der Waals surface area contributed by atoms with Crippen molar-refractivity contribution in [2.24, 2.45) is 7.05 Å². The molecule has 1 aliphatic carbocycles. The van der Waals surface area contributed by atoms with Gasteiger partial charge in [-0.2, -0.15) is 0 Å². The van der Waals surface area contributed by atoms with Gasteiger partial charge in [0.1, 0.15) is 0 Å². The smallest absolute Gasteiger partial charge is 0.0946 e. The Morgan fingerprint density at radius 1 is 1.03 bits per heavy atom. The number of pyridine rings is 1. The van der Waals surface area contributed by atoms with E-state index < -0.39 is 0 Å². The lowest BCUT2D eigenvalue weighted by molar-refractivity contribution is 0.0486. The topological polar surface area (TPSA) is 49.2 Å². The van der Waals surface area contributed by atoms with Crippen molar-refractivity contribution >= 4 is 23.3 Å². The van der Waals surface area contributed by atoms with E-state index in [-0.39, 0.29) is 23.2 Å². The fourth-order valence-electron chi connectivity index (χ4n) is 5.84. The second-order valence-electron chi connectivity index (χ2n) is 12.7. The van der Waals surface area contributed by atoms with Gasteiger partial charge < -0.3 is 9.88 Å². The molecule has 0 unspecified atom stereocenters. The van der Waals surface area contributed by atoms with E-state index in [4.69, 9.17) is 16.6 Å². The van der Waals surface area contributed by atoms with E-state index in [2.05, 4.69) is 97.5 Å². The van der Waals surface area contributed by atoms with Crippen LogP contribution in [0.15, 0.2) is 49.1 Å². The summed E-state index contributed by atoms with van der Waals surface area (Å²) in [6, 6.07) is 10.6. The molecule has 1 fully saturated rings. The van der Waals surface area contributed by atoms with Crippen LogP contribution in [0.5, 0.6) is 0 Å². The maximum atomic E-state index is 6.70. The molecule has 0 spiro atoms. The second kappa shape index (κ2) is 10.2. The summed E-state index contributed by atoms with van der Waals surface area (Å²) in [5, 5.41) is 4.63. The van der Waals surface area contributed by atoms with E-state index in [9.17, 15) is 0 Å². The number of hydrogen-bond acceptors (Lipinski definition) is 5. The second-order valence-corrected chi connectivity index (χ2v) is 13.1. The van der Waals surface area contributed by atoms with E-state index in [1.807, 2.05) is 30.9 Å². The predicted octanol–water partition coefficient (Wildman–Crippen LogP) is 5.96. The Morgan fingerprint density at radius 3 is 2.39 bits per heavy atom. The molecule has 6 nitrogen and oxygen atoms in total. The minimum atomic E-state index is -0.124. The monoisotopic (exact) mass is 532 g/mol. The van der Waals surface area contributed by atoms with E-state index in [0.29, 0.717) is 0 Å². The number of benzene rings is 1. The van der Waals surface area contributed by atoms with E-state index in [1.54, 1.807) is 0 Å². The van der Waals surface area contributed by atoms with Gasteiger partial charge in [0, 0.05) is 55.5 Å². The summed E-state index contributed by atoms with van der Waals surface area (Å²) in [7, 11) is 2.06. The lowest BCUT2D eigenvalue weighted by Crippen LogP contribution is -2.54. The number of imidazole rings is 1. The Labute approximate surface area is 232 Å². The normalized spacial score (nSPS) is 19.9. The zero-order valence-corrected chi connectivity index (χ0v) is 24.5. The molecule has 0 bridgehead atoms. The zero-order valence-electron chi connectivity index (χ0n) is 23.8. The Balaban J connectivity index is 1.67. The lowest BCUT2D eigenvalue weighted by Gasteiger charge is -2.45. The molecule has 3 aromatic rings. The number of piperazine rings is 1. The van der Waals surface area contributed by atoms with Crippen LogP contribution < -0.4 is 5.32 Å². The van der Waals surface area contributed by atoms with Crippen molar-refractivity contribution in [3.8, 4) is 0 Å². The standard InChI is InChI=1S/C31H41ClN6/c1-30(2,3)35-28(26-19-33-20-36(26)7)25-17-21-9-8-12-34-27(21)29(23-11-10-22(32)18-24(23)25)37-13-15-38(16-14-37)31(4,5)6/h8-12,17-20,28-29,35H,13-16H2,1-7H3/t28-,29+/m1/s1. The largest absolute Gasteiger partial charge is 0.336 e. The minimum absolute atomic E-state index is 0.0520. The van der Waals surface area contributed by atoms with Crippen LogP contribution >= 0.6 is 11.6 Å². The molecule has 7 heteroatoms. The van der Waals surface area contributed by atoms with Crippen LogP contribution in [0, 0.1) is 0 Å². The minimum Gasteiger partial charge on any atom is -0.336 e. The molecule has 1 aromatic carbocycles. The molecule has 202 valence electrons. The van der Waals surface area contributed by atoms with Gasteiger partial charge in [-0.3, -0.25) is 14.8 Å². The fraction of sp³-hybridized carbons (Fsp3) is 0.484. The van der Waals surface area contributed by atoms with Gasteiger partial charge in [-0.25, -0.2) is 4.98 Å². The number of nitrogens with zero attached hydrogens (tertiary/aromatic N) is 5. The highest BCUT2D eigenvalue weighted by atomic mass is 35.5. The number of aryl methyl sites for hydroxylation is 1. The molecule has 0 radical (unpaired) electrons. The SMILES string of the molecule is Cn1cncc1[C@H](NC(C)(C)C)C1=Cc2cccnc2[C@@H](N2CCN(C(C)(C)C)CC2)c2ccc(Cl)cc21. The Bertz CT molecular complexity index is 1320. The summed E-state index contributed by atoms with van der Waals surface area (Å²) in [6.07, 6.45) is 8.08. The number of nitrogens with one attached hydrogen (secondary N) is 1. The van der Waals surface area contributed by atoms with Crippen LogP contribution in [0.1, 0.15) is 81.7 Å². The molecular formula is C31H41ClN6. The predicted molar refractivity (Wildman–Crippen MR) is 157 cm³/mol. The molecule has 3 heterocycles. The molecule has 1 saturated heterocycles. The first-order valence-electron chi connectivity index (χ1n) is 13.6. The third-order valence-corrected chi connectivity index (χ3v) is 7.96. The summed E-state index contributed by atoms with van der Waals surface area (Å²) in [6.45, 7) is 17.6. The fourth-order valence-corrected chi connectivity index (χ4v) is 6.01. The van der Waals surface area contributed by atoms with E-state index in [1.165, 1.54) is 16.7 Å². The average molecular weight is 533 g/mol. The van der Waals surface area contributed by atoms with Crippen molar-refractivity contribution in [2.45, 2.75) is 64.7 Å². The Hall–Kier alpha value is -2.51. The molecule has 0 amide bonds. The molecule has 5 rings (SSSR count). The third-order valence-electron chi connectivity index (χ3n) is 7.73. The maximum absolute atomic E-state index is 6.70. The van der Waals surface area contributed by atoms with Gasteiger partial charge in [-0.15, -0.1) is 0 Å². The first-order chi connectivity index (χ1) is 17.9. The van der Waals surface area contributed by atoms with Crippen molar-refractivity contribution in [3.63, 3.8) is 0 Å². The van der Waals surface area contributed by atoms with Crippen LogP contribution in [-0.2, 0) is 7.05 Å². The van der Waals surface area contributed by atoms with Crippen LogP contribution in [0.3, 0.4) is 0 Å². The Morgan fingerprint density at radius 2 is 1.76 bits per heavy atom. The average Bonchev–Trinajstić information content (AvgIpc) is 3.21. The first kappa shape index (κ1) is 27.1. The van der Waals surface area contributed by atoms with E-state index in [0.717, 1.165) is 48.2 Å². The van der Waals surface area contributed by atoms with Gasteiger partial charge in [0.25, 0.3) is 0 Å². The summed E-state index contributed by atoms with van der Waals surface area (Å²) in [5.41, 5.74) is 7.02. The molecule has 1 N–H and O–H groups in total. The van der Waals surface area contributed by atoms with Crippen LogP contribution in [0.4, 0.5) is 0 Å².